The van der Waals surface area contributed by atoms with Crippen LogP contribution in [0.15, 0.2) is 46.1 Å². The molecular weight excluding hydrogens is 336 g/mol. The number of aromatic nitrogens is 3. The third kappa shape index (κ3) is 2.84. The van der Waals surface area contributed by atoms with E-state index < -0.39 is 11.2 Å². The van der Waals surface area contributed by atoms with Gasteiger partial charge in [-0.15, -0.1) is 0 Å². The molecule has 1 amide bonds. The van der Waals surface area contributed by atoms with Crippen LogP contribution in [-0.2, 0) is 16.1 Å². The Bertz CT molecular complexity index is 1060. The lowest BCUT2D eigenvalue weighted by atomic mass is 10.1. The van der Waals surface area contributed by atoms with Crippen LogP contribution in [0.1, 0.15) is 0 Å². The molecule has 1 fully saturated rings. The number of nitrogens with zero attached hydrogens (tertiary/aromatic N) is 2. The summed E-state index contributed by atoms with van der Waals surface area (Å²) >= 11 is 0. The van der Waals surface area contributed by atoms with Gasteiger partial charge in [0.25, 0.3) is 5.56 Å². The fraction of sp³-hybridized carbons (Fsp3) is 0.278. The third-order valence-electron chi connectivity index (χ3n) is 4.56. The van der Waals surface area contributed by atoms with Crippen molar-refractivity contribution < 1.29 is 9.53 Å². The monoisotopic (exact) mass is 354 g/mol. The number of carbonyl (C=O) groups is 1. The van der Waals surface area contributed by atoms with Crippen molar-refractivity contribution in [2.45, 2.75) is 6.54 Å². The molecule has 0 saturated carbocycles. The van der Waals surface area contributed by atoms with Gasteiger partial charge in [-0.1, -0.05) is 30.3 Å². The van der Waals surface area contributed by atoms with E-state index in [0.29, 0.717) is 31.8 Å². The standard InChI is InChI=1S/C18H18N4O4/c23-14(21-6-8-26-9-7-21)11-22-17(24)16-15(20-18(22)25)13(10-19-16)12-4-2-1-3-5-12/h1-5,10,19H,6-9,11H2,(H,20,25). The van der Waals surface area contributed by atoms with Gasteiger partial charge in [-0.2, -0.15) is 0 Å². The van der Waals surface area contributed by atoms with Crippen LogP contribution in [0.4, 0.5) is 0 Å². The molecule has 1 aliphatic heterocycles. The summed E-state index contributed by atoms with van der Waals surface area (Å²) in [6.45, 7) is 1.58. The van der Waals surface area contributed by atoms with Crippen molar-refractivity contribution in [2.24, 2.45) is 0 Å². The average Bonchev–Trinajstić information content (AvgIpc) is 3.10. The minimum Gasteiger partial charge on any atom is -0.378 e. The van der Waals surface area contributed by atoms with Crippen LogP contribution in [-0.4, -0.2) is 51.6 Å². The second-order valence-corrected chi connectivity index (χ2v) is 6.13. The first-order valence-corrected chi connectivity index (χ1v) is 8.40. The Morgan fingerprint density at radius 1 is 1.08 bits per heavy atom. The van der Waals surface area contributed by atoms with Crippen molar-refractivity contribution in [3.8, 4) is 11.1 Å². The molecule has 8 nitrogen and oxygen atoms in total. The van der Waals surface area contributed by atoms with Gasteiger partial charge in [-0.05, 0) is 5.56 Å². The first kappa shape index (κ1) is 16.3. The quantitative estimate of drug-likeness (QED) is 0.717. The summed E-state index contributed by atoms with van der Waals surface area (Å²) in [7, 11) is 0. The molecule has 1 aliphatic rings. The fourth-order valence-electron chi connectivity index (χ4n) is 3.16. The summed E-state index contributed by atoms with van der Waals surface area (Å²) in [5, 5.41) is 0. The molecule has 1 aromatic carbocycles. The number of benzene rings is 1. The maximum absolute atomic E-state index is 12.7. The molecule has 0 spiro atoms. The lowest BCUT2D eigenvalue weighted by Gasteiger charge is -2.26. The third-order valence-corrected chi connectivity index (χ3v) is 4.56. The summed E-state index contributed by atoms with van der Waals surface area (Å²) in [5.74, 6) is -0.268. The van der Waals surface area contributed by atoms with E-state index in [1.807, 2.05) is 30.3 Å². The molecule has 134 valence electrons. The summed E-state index contributed by atoms with van der Waals surface area (Å²) in [6.07, 6.45) is 1.69. The predicted molar refractivity (Wildman–Crippen MR) is 96.0 cm³/mol. The summed E-state index contributed by atoms with van der Waals surface area (Å²) in [4.78, 5) is 44.8. The normalized spacial score (nSPS) is 14.7. The van der Waals surface area contributed by atoms with Gasteiger partial charge in [0, 0.05) is 24.8 Å². The molecule has 4 rings (SSSR count). The lowest BCUT2D eigenvalue weighted by Crippen LogP contribution is -2.46. The molecule has 0 atom stereocenters. The Kier molecular flexibility index (Phi) is 4.18. The number of hydrogen-bond donors (Lipinski definition) is 2. The molecule has 3 heterocycles. The van der Waals surface area contributed by atoms with Crippen LogP contribution < -0.4 is 11.2 Å². The van der Waals surface area contributed by atoms with Crippen molar-refractivity contribution in [3.63, 3.8) is 0 Å². The van der Waals surface area contributed by atoms with Crippen LogP contribution in [0.3, 0.4) is 0 Å². The smallest absolute Gasteiger partial charge is 0.329 e. The van der Waals surface area contributed by atoms with E-state index in [-0.39, 0.29) is 18.0 Å². The molecule has 0 aliphatic carbocycles. The number of amides is 1. The number of rotatable bonds is 3. The van der Waals surface area contributed by atoms with Crippen LogP contribution >= 0.6 is 0 Å². The highest BCUT2D eigenvalue weighted by atomic mass is 16.5. The van der Waals surface area contributed by atoms with Gasteiger partial charge in [-0.3, -0.25) is 9.59 Å². The maximum Gasteiger partial charge on any atom is 0.329 e. The molecular formula is C18H18N4O4. The van der Waals surface area contributed by atoms with E-state index in [1.54, 1.807) is 11.1 Å². The number of aromatic amines is 2. The van der Waals surface area contributed by atoms with E-state index in [2.05, 4.69) is 9.97 Å². The summed E-state index contributed by atoms with van der Waals surface area (Å²) in [5.41, 5.74) is 1.24. The molecule has 3 aromatic rings. The van der Waals surface area contributed by atoms with Crippen LogP contribution in [0.25, 0.3) is 22.2 Å². The van der Waals surface area contributed by atoms with E-state index >= 15 is 0 Å². The van der Waals surface area contributed by atoms with Crippen molar-refractivity contribution in [1.29, 1.82) is 0 Å². The minimum absolute atomic E-state index is 0.268. The van der Waals surface area contributed by atoms with E-state index in [0.717, 1.165) is 15.7 Å². The van der Waals surface area contributed by atoms with Gasteiger partial charge in [0.2, 0.25) is 5.91 Å². The average molecular weight is 354 g/mol. The first-order valence-electron chi connectivity index (χ1n) is 8.40. The molecule has 1 saturated heterocycles. The second kappa shape index (κ2) is 6.64. The number of fused-ring (bicyclic) bond motifs is 1. The fourth-order valence-corrected chi connectivity index (χ4v) is 3.16. The van der Waals surface area contributed by atoms with Crippen molar-refractivity contribution in [3.05, 3.63) is 57.4 Å². The van der Waals surface area contributed by atoms with Gasteiger partial charge >= 0.3 is 5.69 Å². The molecule has 26 heavy (non-hydrogen) atoms. The largest absolute Gasteiger partial charge is 0.378 e. The number of morpholine rings is 1. The van der Waals surface area contributed by atoms with Crippen molar-refractivity contribution in [1.82, 2.24) is 19.4 Å². The van der Waals surface area contributed by atoms with Gasteiger partial charge in [0.1, 0.15) is 12.1 Å². The van der Waals surface area contributed by atoms with Gasteiger partial charge in [-0.25, -0.2) is 9.36 Å². The Labute approximate surface area is 148 Å². The SMILES string of the molecule is O=C(Cn1c(=O)[nH]c2c(-c3ccccc3)c[nH]c2c1=O)N1CCOCC1. The van der Waals surface area contributed by atoms with E-state index in [4.69, 9.17) is 4.74 Å². The number of H-pyrrole nitrogens is 2. The van der Waals surface area contributed by atoms with Crippen molar-refractivity contribution >= 4 is 16.9 Å². The molecule has 0 bridgehead atoms. The lowest BCUT2D eigenvalue weighted by molar-refractivity contribution is -0.136. The Balaban J connectivity index is 1.72. The minimum atomic E-state index is -0.596. The van der Waals surface area contributed by atoms with Crippen LogP contribution in [0.2, 0.25) is 0 Å². The van der Waals surface area contributed by atoms with Gasteiger partial charge in [0.15, 0.2) is 0 Å². The summed E-state index contributed by atoms with van der Waals surface area (Å²) in [6, 6.07) is 9.46. The zero-order valence-corrected chi connectivity index (χ0v) is 14.0. The molecule has 2 N–H and O–H groups in total. The Morgan fingerprint density at radius 3 is 2.54 bits per heavy atom. The van der Waals surface area contributed by atoms with Crippen LogP contribution in [0.5, 0.6) is 0 Å². The maximum atomic E-state index is 12.7. The predicted octanol–water partition coefficient (Wildman–Crippen LogP) is 0.544. The van der Waals surface area contributed by atoms with Gasteiger partial charge in [0.05, 0.1) is 18.7 Å². The first-order chi connectivity index (χ1) is 12.6. The van der Waals surface area contributed by atoms with Gasteiger partial charge < -0.3 is 19.6 Å². The molecule has 0 unspecified atom stereocenters. The highest BCUT2D eigenvalue weighted by molar-refractivity contribution is 5.91. The second-order valence-electron chi connectivity index (χ2n) is 6.13. The topological polar surface area (TPSA) is 100 Å². The zero-order chi connectivity index (χ0) is 18.1. The highest BCUT2D eigenvalue weighted by Crippen LogP contribution is 2.24. The number of hydrogen-bond acceptors (Lipinski definition) is 4. The number of ether oxygens (including phenoxy) is 1. The summed E-state index contributed by atoms with van der Waals surface area (Å²) < 4.78 is 6.15. The number of nitrogens with one attached hydrogen (secondary N) is 2. The Hall–Kier alpha value is -3.13. The molecule has 0 radical (unpaired) electrons. The Morgan fingerprint density at radius 2 is 1.81 bits per heavy atom. The zero-order valence-electron chi connectivity index (χ0n) is 14.0. The molecule has 8 heteroatoms. The van der Waals surface area contributed by atoms with E-state index in [1.165, 1.54) is 0 Å². The number of carbonyl (C=O) groups excluding carboxylic acids is 1. The van der Waals surface area contributed by atoms with Crippen molar-refractivity contribution in [2.75, 3.05) is 26.3 Å². The molecule has 2 aromatic heterocycles. The van der Waals surface area contributed by atoms with Crippen LogP contribution in [0, 0.1) is 0 Å². The van der Waals surface area contributed by atoms with E-state index in [9.17, 15) is 14.4 Å². The highest BCUT2D eigenvalue weighted by Gasteiger charge is 2.20.